The Morgan fingerprint density at radius 2 is 2.24 bits per heavy atom. The molecule has 0 spiro atoms. The SMILES string of the molecule is N#Cc1ccc(NC(=O)C2CSCCN2)cc1. The van der Waals surface area contributed by atoms with Crippen LogP contribution in [0.25, 0.3) is 0 Å². The number of hydrogen-bond donors (Lipinski definition) is 2. The maximum absolute atomic E-state index is 11.9. The normalized spacial score (nSPS) is 19.4. The Morgan fingerprint density at radius 1 is 1.47 bits per heavy atom. The van der Waals surface area contributed by atoms with Gasteiger partial charge in [0.15, 0.2) is 0 Å². The largest absolute Gasteiger partial charge is 0.325 e. The first-order valence-electron chi connectivity index (χ1n) is 5.42. The molecule has 1 fully saturated rings. The van der Waals surface area contributed by atoms with Crippen molar-refractivity contribution in [3.63, 3.8) is 0 Å². The molecule has 1 aliphatic heterocycles. The Labute approximate surface area is 104 Å². The van der Waals surface area contributed by atoms with Crippen molar-refractivity contribution >= 4 is 23.4 Å². The van der Waals surface area contributed by atoms with E-state index in [4.69, 9.17) is 5.26 Å². The zero-order chi connectivity index (χ0) is 12.1. The predicted molar refractivity (Wildman–Crippen MR) is 68.9 cm³/mol. The van der Waals surface area contributed by atoms with E-state index in [9.17, 15) is 4.79 Å². The number of benzene rings is 1. The lowest BCUT2D eigenvalue weighted by molar-refractivity contribution is -0.117. The van der Waals surface area contributed by atoms with Crippen LogP contribution >= 0.6 is 11.8 Å². The van der Waals surface area contributed by atoms with E-state index in [0.717, 1.165) is 23.7 Å². The van der Waals surface area contributed by atoms with Gasteiger partial charge in [-0.05, 0) is 24.3 Å². The molecule has 0 radical (unpaired) electrons. The number of nitriles is 1. The molecule has 1 amide bonds. The van der Waals surface area contributed by atoms with E-state index >= 15 is 0 Å². The van der Waals surface area contributed by atoms with E-state index in [1.807, 2.05) is 6.07 Å². The Kier molecular flexibility index (Phi) is 4.02. The zero-order valence-electron chi connectivity index (χ0n) is 9.27. The lowest BCUT2D eigenvalue weighted by atomic mass is 10.2. The number of nitrogens with one attached hydrogen (secondary N) is 2. The Bertz CT molecular complexity index is 432. The second-order valence-electron chi connectivity index (χ2n) is 3.76. The Hall–Kier alpha value is -1.51. The third-order valence-electron chi connectivity index (χ3n) is 2.52. The van der Waals surface area contributed by atoms with Gasteiger partial charge in [0.25, 0.3) is 0 Å². The first kappa shape index (κ1) is 12.0. The summed E-state index contributed by atoms with van der Waals surface area (Å²) >= 11 is 1.78. The number of nitrogens with zero attached hydrogens (tertiary/aromatic N) is 1. The Balaban J connectivity index is 1.95. The summed E-state index contributed by atoms with van der Waals surface area (Å²) in [6, 6.07) is 8.79. The molecule has 4 nitrogen and oxygen atoms in total. The molecule has 1 heterocycles. The van der Waals surface area contributed by atoms with Gasteiger partial charge in [0.05, 0.1) is 17.7 Å². The van der Waals surface area contributed by atoms with Crippen LogP contribution in [0.1, 0.15) is 5.56 Å². The molecule has 0 aromatic heterocycles. The van der Waals surface area contributed by atoms with Gasteiger partial charge in [0.1, 0.15) is 0 Å². The standard InChI is InChI=1S/C12H13N3OS/c13-7-9-1-3-10(4-2-9)15-12(16)11-8-17-6-5-14-11/h1-4,11,14H,5-6,8H2,(H,15,16). The summed E-state index contributed by atoms with van der Waals surface area (Å²) in [5.74, 6) is 1.85. The maximum Gasteiger partial charge on any atom is 0.242 e. The molecule has 1 aromatic rings. The number of amides is 1. The lowest BCUT2D eigenvalue weighted by Gasteiger charge is -2.22. The minimum Gasteiger partial charge on any atom is -0.325 e. The summed E-state index contributed by atoms with van der Waals surface area (Å²) < 4.78 is 0. The van der Waals surface area contributed by atoms with E-state index < -0.39 is 0 Å². The van der Waals surface area contributed by atoms with Gasteiger partial charge in [0, 0.05) is 23.7 Å². The summed E-state index contributed by atoms with van der Waals surface area (Å²) in [4.78, 5) is 11.9. The van der Waals surface area contributed by atoms with Crippen LogP contribution in [-0.4, -0.2) is 30.0 Å². The van der Waals surface area contributed by atoms with Crippen molar-refractivity contribution in [2.75, 3.05) is 23.4 Å². The van der Waals surface area contributed by atoms with Crippen molar-refractivity contribution in [2.24, 2.45) is 0 Å². The lowest BCUT2D eigenvalue weighted by Crippen LogP contribution is -2.46. The van der Waals surface area contributed by atoms with Crippen molar-refractivity contribution in [3.05, 3.63) is 29.8 Å². The highest BCUT2D eigenvalue weighted by molar-refractivity contribution is 7.99. The second-order valence-corrected chi connectivity index (χ2v) is 4.91. The number of thioether (sulfide) groups is 1. The van der Waals surface area contributed by atoms with Crippen molar-refractivity contribution in [3.8, 4) is 6.07 Å². The van der Waals surface area contributed by atoms with Crippen LogP contribution < -0.4 is 10.6 Å². The third-order valence-corrected chi connectivity index (χ3v) is 3.58. The summed E-state index contributed by atoms with van der Waals surface area (Å²) in [7, 11) is 0. The summed E-state index contributed by atoms with van der Waals surface area (Å²) in [6.07, 6.45) is 0. The molecule has 0 bridgehead atoms. The van der Waals surface area contributed by atoms with Crippen molar-refractivity contribution in [1.82, 2.24) is 5.32 Å². The highest BCUT2D eigenvalue weighted by atomic mass is 32.2. The molecule has 1 atom stereocenters. The predicted octanol–water partition coefficient (Wildman–Crippen LogP) is 1.20. The number of carbonyl (C=O) groups excluding carboxylic acids is 1. The van der Waals surface area contributed by atoms with Gasteiger partial charge in [-0.1, -0.05) is 0 Å². The quantitative estimate of drug-likeness (QED) is 0.824. The zero-order valence-corrected chi connectivity index (χ0v) is 10.1. The van der Waals surface area contributed by atoms with Gasteiger partial charge >= 0.3 is 0 Å². The summed E-state index contributed by atoms with van der Waals surface area (Å²) in [5.41, 5.74) is 1.32. The number of hydrogen-bond acceptors (Lipinski definition) is 4. The molecule has 0 saturated carbocycles. The third kappa shape index (κ3) is 3.22. The number of anilines is 1. The monoisotopic (exact) mass is 247 g/mol. The summed E-state index contributed by atoms with van der Waals surface area (Å²) in [6.45, 7) is 0.871. The molecule has 1 saturated heterocycles. The topological polar surface area (TPSA) is 64.9 Å². The number of carbonyl (C=O) groups is 1. The van der Waals surface area contributed by atoms with E-state index in [0.29, 0.717) is 5.56 Å². The van der Waals surface area contributed by atoms with Crippen LogP contribution in [0.3, 0.4) is 0 Å². The molecule has 1 aliphatic rings. The average molecular weight is 247 g/mol. The molecule has 2 N–H and O–H groups in total. The molecule has 2 rings (SSSR count). The van der Waals surface area contributed by atoms with Crippen molar-refractivity contribution < 1.29 is 4.79 Å². The van der Waals surface area contributed by atoms with Crippen LogP contribution in [-0.2, 0) is 4.79 Å². The second kappa shape index (κ2) is 5.71. The number of rotatable bonds is 2. The Morgan fingerprint density at radius 3 is 2.82 bits per heavy atom. The fourth-order valence-electron chi connectivity index (χ4n) is 1.59. The van der Waals surface area contributed by atoms with Crippen LogP contribution in [0.4, 0.5) is 5.69 Å². The molecular formula is C12H13N3OS. The van der Waals surface area contributed by atoms with Crippen LogP contribution in [0.5, 0.6) is 0 Å². The fourth-order valence-corrected chi connectivity index (χ4v) is 2.53. The highest BCUT2D eigenvalue weighted by Crippen LogP contribution is 2.12. The first-order chi connectivity index (χ1) is 8.29. The van der Waals surface area contributed by atoms with E-state index in [-0.39, 0.29) is 11.9 Å². The highest BCUT2D eigenvalue weighted by Gasteiger charge is 2.20. The fraction of sp³-hybridized carbons (Fsp3) is 0.333. The van der Waals surface area contributed by atoms with E-state index in [1.165, 1.54) is 0 Å². The van der Waals surface area contributed by atoms with Crippen LogP contribution in [0.15, 0.2) is 24.3 Å². The summed E-state index contributed by atoms with van der Waals surface area (Å²) in [5, 5.41) is 14.7. The minimum atomic E-state index is -0.121. The average Bonchev–Trinajstić information content (AvgIpc) is 2.40. The van der Waals surface area contributed by atoms with E-state index in [1.54, 1.807) is 36.0 Å². The van der Waals surface area contributed by atoms with Crippen LogP contribution in [0.2, 0.25) is 0 Å². The van der Waals surface area contributed by atoms with Gasteiger partial charge in [-0.3, -0.25) is 4.79 Å². The molecule has 1 aromatic carbocycles. The molecule has 0 aliphatic carbocycles. The molecule has 1 unspecified atom stereocenters. The molecular weight excluding hydrogens is 234 g/mol. The van der Waals surface area contributed by atoms with E-state index in [2.05, 4.69) is 10.6 Å². The van der Waals surface area contributed by atoms with Gasteiger partial charge in [0.2, 0.25) is 5.91 Å². The minimum absolute atomic E-state index is 0.0121. The molecule has 5 heteroatoms. The van der Waals surface area contributed by atoms with Gasteiger partial charge < -0.3 is 10.6 Å². The smallest absolute Gasteiger partial charge is 0.242 e. The molecule has 88 valence electrons. The first-order valence-corrected chi connectivity index (χ1v) is 6.57. The maximum atomic E-state index is 11.9. The van der Waals surface area contributed by atoms with Gasteiger partial charge in [-0.25, -0.2) is 0 Å². The van der Waals surface area contributed by atoms with Crippen molar-refractivity contribution in [1.29, 1.82) is 5.26 Å². The van der Waals surface area contributed by atoms with Crippen LogP contribution in [0, 0.1) is 11.3 Å². The molecule has 17 heavy (non-hydrogen) atoms. The van der Waals surface area contributed by atoms with Gasteiger partial charge in [-0.15, -0.1) is 0 Å². The van der Waals surface area contributed by atoms with Gasteiger partial charge in [-0.2, -0.15) is 17.0 Å². The van der Waals surface area contributed by atoms with Crippen molar-refractivity contribution in [2.45, 2.75) is 6.04 Å².